The van der Waals surface area contributed by atoms with Crippen molar-refractivity contribution in [2.75, 3.05) is 57.9 Å². The zero-order valence-corrected chi connectivity index (χ0v) is 14.4. The zero-order valence-electron chi connectivity index (χ0n) is 14.4. The SMILES string of the molecule is CN(CCN1CCOCCC1=O)C1CN(c2ccc3nncn3n2)C1. The van der Waals surface area contributed by atoms with E-state index < -0.39 is 0 Å². The molecule has 0 unspecified atom stereocenters. The molecule has 2 aliphatic heterocycles. The first-order valence-corrected chi connectivity index (χ1v) is 8.68. The van der Waals surface area contributed by atoms with Crippen LogP contribution in [0.2, 0.25) is 0 Å². The molecular weight excluding hydrogens is 322 g/mol. The Morgan fingerprint density at radius 2 is 2.20 bits per heavy atom. The van der Waals surface area contributed by atoms with Crippen molar-refractivity contribution < 1.29 is 9.53 Å². The van der Waals surface area contributed by atoms with Crippen LogP contribution in [-0.4, -0.2) is 94.5 Å². The predicted molar refractivity (Wildman–Crippen MR) is 91.4 cm³/mol. The Balaban J connectivity index is 1.27. The molecule has 2 fully saturated rings. The van der Waals surface area contributed by atoms with Crippen LogP contribution in [0, 0.1) is 0 Å². The lowest BCUT2D eigenvalue weighted by atomic mass is 10.1. The van der Waals surface area contributed by atoms with Gasteiger partial charge in [0.2, 0.25) is 5.91 Å². The van der Waals surface area contributed by atoms with E-state index in [1.165, 1.54) is 0 Å². The van der Waals surface area contributed by atoms with Gasteiger partial charge in [-0.2, -0.15) is 4.52 Å². The van der Waals surface area contributed by atoms with E-state index in [0.29, 0.717) is 32.2 Å². The van der Waals surface area contributed by atoms with Gasteiger partial charge >= 0.3 is 0 Å². The summed E-state index contributed by atoms with van der Waals surface area (Å²) in [5.74, 6) is 1.14. The molecule has 0 saturated carbocycles. The quantitative estimate of drug-likeness (QED) is 0.722. The van der Waals surface area contributed by atoms with Crippen LogP contribution >= 0.6 is 0 Å². The average molecular weight is 345 g/mol. The smallest absolute Gasteiger partial charge is 0.225 e. The second-order valence-corrected chi connectivity index (χ2v) is 6.61. The molecule has 2 aromatic rings. The molecule has 25 heavy (non-hydrogen) atoms. The Labute approximate surface area is 146 Å². The van der Waals surface area contributed by atoms with E-state index in [0.717, 1.165) is 37.6 Å². The number of amides is 1. The minimum atomic E-state index is 0.201. The zero-order chi connectivity index (χ0) is 17.2. The van der Waals surface area contributed by atoms with Crippen LogP contribution < -0.4 is 4.90 Å². The fourth-order valence-electron chi connectivity index (χ4n) is 3.22. The van der Waals surface area contributed by atoms with Crippen molar-refractivity contribution in [2.45, 2.75) is 12.5 Å². The molecular formula is C16H23N7O2. The Morgan fingerprint density at radius 1 is 1.32 bits per heavy atom. The third kappa shape index (κ3) is 3.42. The number of rotatable bonds is 5. The maximum absolute atomic E-state index is 12.0. The van der Waals surface area contributed by atoms with Gasteiger partial charge in [-0.25, -0.2) is 0 Å². The summed E-state index contributed by atoms with van der Waals surface area (Å²) in [5, 5.41) is 12.3. The van der Waals surface area contributed by atoms with E-state index in [-0.39, 0.29) is 5.91 Å². The van der Waals surface area contributed by atoms with Gasteiger partial charge in [-0.05, 0) is 19.2 Å². The largest absolute Gasteiger partial charge is 0.379 e. The van der Waals surface area contributed by atoms with Crippen molar-refractivity contribution >= 4 is 17.4 Å². The van der Waals surface area contributed by atoms with Crippen molar-refractivity contribution in [3.05, 3.63) is 18.5 Å². The number of aromatic nitrogens is 4. The van der Waals surface area contributed by atoms with Gasteiger partial charge in [-0.3, -0.25) is 9.69 Å². The number of ether oxygens (including phenoxy) is 1. The minimum Gasteiger partial charge on any atom is -0.379 e. The molecule has 2 aliphatic rings. The Morgan fingerprint density at radius 3 is 3.08 bits per heavy atom. The van der Waals surface area contributed by atoms with Gasteiger partial charge in [0, 0.05) is 38.8 Å². The molecule has 1 amide bonds. The molecule has 0 radical (unpaired) electrons. The molecule has 9 heteroatoms. The average Bonchev–Trinajstić information content (AvgIpc) is 2.93. The molecule has 2 saturated heterocycles. The fraction of sp³-hybridized carbons (Fsp3) is 0.625. The van der Waals surface area contributed by atoms with Crippen LogP contribution in [0.5, 0.6) is 0 Å². The summed E-state index contributed by atoms with van der Waals surface area (Å²) in [6.07, 6.45) is 2.11. The third-order valence-electron chi connectivity index (χ3n) is 5.00. The molecule has 2 aromatic heterocycles. The molecule has 4 heterocycles. The lowest BCUT2D eigenvalue weighted by molar-refractivity contribution is -0.130. The normalized spacial score (nSPS) is 19.5. The summed E-state index contributed by atoms with van der Waals surface area (Å²) in [6.45, 7) is 5.41. The van der Waals surface area contributed by atoms with Crippen molar-refractivity contribution in [3.8, 4) is 0 Å². The Hall–Kier alpha value is -2.26. The van der Waals surface area contributed by atoms with Crippen molar-refractivity contribution in [3.63, 3.8) is 0 Å². The van der Waals surface area contributed by atoms with E-state index in [4.69, 9.17) is 4.74 Å². The molecule has 0 bridgehead atoms. The standard InChI is InChI=1S/C16H23N7O2/c1-20(5-6-21-7-9-25-8-4-16(21)24)13-10-22(11-13)15-3-2-14-18-17-12-23(14)19-15/h2-3,12-13H,4-11H2,1H3. The van der Waals surface area contributed by atoms with Gasteiger partial charge in [0.25, 0.3) is 0 Å². The van der Waals surface area contributed by atoms with Crippen molar-refractivity contribution in [2.24, 2.45) is 0 Å². The lowest BCUT2D eigenvalue weighted by Gasteiger charge is -2.45. The summed E-state index contributed by atoms with van der Waals surface area (Å²) in [6, 6.07) is 4.40. The van der Waals surface area contributed by atoms with E-state index in [9.17, 15) is 4.79 Å². The van der Waals surface area contributed by atoms with Crippen molar-refractivity contribution in [1.29, 1.82) is 0 Å². The second-order valence-electron chi connectivity index (χ2n) is 6.61. The molecule has 9 nitrogen and oxygen atoms in total. The van der Waals surface area contributed by atoms with Crippen LogP contribution in [0.3, 0.4) is 0 Å². The fourth-order valence-corrected chi connectivity index (χ4v) is 3.22. The van der Waals surface area contributed by atoms with Gasteiger partial charge in [0.1, 0.15) is 12.1 Å². The molecule has 134 valence electrons. The van der Waals surface area contributed by atoms with Gasteiger partial charge < -0.3 is 14.5 Å². The van der Waals surface area contributed by atoms with E-state index >= 15 is 0 Å². The summed E-state index contributed by atoms with van der Waals surface area (Å²) in [4.78, 5) is 18.5. The Kier molecular flexibility index (Phi) is 4.50. The number of carbonyl (C=O) groups is 1. The topological polar surface area (TPSA) is 79.1 Å². The predicted octanol–water partition coefficient (Wildman–Crippen LogP) is -0.506. The van der Waals surface area contributed by atoms with Crippen LogP contribution in [0.4, 0.5) is 5.82 Å². The minimum absolute atomic E-state index is 0.201. The number of likely N-dealkylation sites (N-methyl/N-ethyl adjacent to an activating group) is 1. The summed E-state index contributed by atoms with van der Waals surface area (Å²) in [5.41, 5.74) is 0.754. The van der Waals surface area contributed by atoms with Crippen LogP contribution in [0.15, 0.2) is 18.5 Å². The highest BCUT2D eigenvalue weighted by molar-refractivity contribution is 5.76. The molecule has 0 spiro atoms. The number of hydrogen-bond acceptors (Lipinski definition) is 7. The third-order valence-corrected chi connectivity index (χ3v) is 5.00. The first kappa shape index (κ1) is 16.2. The van der Waals surface area contributed by atoms with E-state index in [1.807, 2.05) is 17.0 Å². The molecule has 0 atom stereocenters. The van der Waals surface area contributed by atoms with Crippen LogP contribution in [0.1, 0.15) is 6.42 Å². The van der Waals surface area contributed by atoms with Gasteiger partial charge in [-0.15, -0.1) is 15.3 Å². The summed E-state index contributed by atoms with van der Waals surface area (Å²) >= 11 is 0. The highest BCUT2D eigenvalue weighted by Crippen LogP contribution is 2.21. The summed E-state index contributed by atoms with van der Waals surface area (Å²) in [7, 11) is 2.12. The molecule has 0 N–H and O–H groups in total. The molecule has 0 aliphatic carbocycles. The highest BCUT2D eigenvalue weighted by Gasteiger charge is 2.31. The number of carbonyl (C=O) groups excluding carboxylic acids is 1. The van der Waals surface area contributed by atoms with Crippen LogP contribution in [0.25, 0.3) is 5.65 Å². The van der Waals surface area contributed by atoms with Gasteiger partial charge in [-0.1, -0.05) is 0 Å². The number of hydrogen-bond donors (Lipinski definition) is 0. The van der Waals surface area contributed by atoms with Crippen LogP contribution in [-0.2, 0) is 9.53 Å². The number of nitrogens with zero attached hydrogens (tertiary/aromatic N) is 7. The van der Waals surface area contributed by atoms with Gasteiger partial charge in [0.15, 0.2) is 5.65 Å². The first-order valence-electron chi connectivity index (χ1n) is 8.68. The van der Waals surface area contributed by atoms with E-state index in [1.54, 1.807) is 10.8 Å². The molecule has 0 aromatic carbocycles. The second kappa shape index (κ2) is 6.93. The van der Waals surface area contributed by atoms with Crippen molar-refractivity contribution in [1.82, 2.24) is 29.6 Å². The number of fused-ring (bicyclic) bond motifs is 1. The summed E-state index contributed by atoms with van der Waals surface area (Å²) < 4.78 is 7.06. The van der Waals surface area contributed by atoms with E-state index in [2.05, 4.69) is 32.1 Å². The molecule has 4 rings (SSSR count). The number of anilines is 1. The monoisotopic (exact) mass is 345 g/mol. The highest BCUT2D eigenvalue weighted by atomic mass is 16.5. The lowest BCUT2D eigenvalue weighted by Crippen LogP contribution is -2.59. The van der Waals surface area contributed by atoms with Gasteiger partial charge in [0.05, 0.1) is 19.6 Å². The maximum atomic E-state index is 12.0. The maximum Gasteiger partial charge on any atom is 0.225 e. The first-order chi connectivity index (χ1) is 12.2. The Bertz CT molecular complexity index is 743.